The van der Waals surface area contributed by atoms with Crippen LogP contribution in [0.25, 0.3) is 0 Å². The molecule has 0 aromatic carbocycles. The first kappa shape index (κ1) is 12.4. The Morgan fingerprint density at radius 1 is 1.35 bits per heavy atom. The van der Waals surface area contributed by atoms with Gasteiger partial charge in [-0.15, -0.1) is 0 Å². The summed E-state index contributed by atoms with van der Waals surface area (Å²) >= 11 is 0. The van der Waals surface area contributed by atoms with Gasteiger partial charge in [-0.3, -0.25) is 0 Å². The maximum atomic E-state index is 9.16. The number of nitrogens with zero attached hydrogens (tertiary/aromatic N) is 2. The quantitative estimate of drug-likeness (QED) is 0.854. The number of anilines is 1. The molecule has 2 heterocycles. The zero-order chi connectivity index (χ0) is 12.4. The third kappa shape index (κ3) is 2.60. The highest BCUT2D eigenvalue weighted by Crippen LogP contribution is 2.26. The molecule has 1 aromatic heterocycles. The van der Waals surface area contributed by atoms with Gasteiger partial charge in [0, 0.05) is 18.3 Å². The van der Waals surface area contributed by atoms with Crippen LogP contribution in [-0.4, -0.2) is 22.7 Å². The molecule has 0 aliphatic carbocycles. The Labute approximate surface area is 103 Å². The van der Waals surface area contributed by atoms with Crippen LogP contribution in [-0.2, 0) is 6.61 Å². The minimum Gasteiger partial charge on any atom is -0.392 e. The summed E-state index contributed by atoms with van der Waals surface area (Å²) in [6, 6.07) is 4.59. The van der Waals surface area contributed by atoms with E-state index in [0.29, 0.717) is 6.04 Å². The van der Waals surface area contributed by atoms with Gasteiger partial charge in [0.1, 0.15) is 5.82 Å². The van der Waals surface area contributed by atoms with E-state index in [0.717, 1.165) is 29.5 Å². The number of aryl methyl sites for hydroxylation is 1. The number of aromatic nitrogens is 1. The van der Waals surface area contributed by atoms with Crippen molar-refractivity contribution in [3.8, 4) is 0 Å². The van der Waals surface area contributed by atoms with Crippen molar-refractivity contribution in [2.75, 3.05) is 11.4 Å². The van der Waals surface area contributed by atoms with Crippen molar-refractivity contribution < 1.29 is 5.11 Å². The Bertz CT molecular complexity index is 392. The largest absolute Gasteiger partial charge is 0.392 e. The first-order chi connectivity index (χ1) is 8.11. The molecule has 3 heteroatoms. The highest BCUT2D eigenvalue weighted by Gasteiger charge is 2.24. The average molecular weight is 234 g/mol. The predicted molar refractivity (Wildman–Crippen MR) is 70.1 cm³/mol. The van der Waals surface area contributed by atoms with E-state index in [1.165, 1.54) is 12.8 Å². The number of hydrogen-bond acceptors (Lipinski definition) is 3. The molecule has 2 atom stereocenters. The van der Waals surface area contributed by atoms with E-state index in [1.807, 2.05) is 19.1 Å². The molecule has 1 fully saturated rings. The molecule has 3 nitrogen and oxygen atoms in total. The lowest BCUT2D eigenvalue weighted by Crippen LogP contribution is -2.41. The van der Waals surface area contributed by atoms with Crippen LogP contribution in [0.1, 0.15) is 37.9 Å². The smallest absolute Gasteiger partial charge is 0.129 e. The topological polar surface area (TPSA) is 36.4 Å². The molecule has 1 N–H and O–H groups in total. The molecule has 0 radical (unpaired) electrons. The standard InChI is InChI=1S/C14H22N2O/c1-10-4-5-11(2)16(8-10)14-7-6-13(9-17)12(3)15-14/h6-7,10-11,17H,4-5,8-9H2,1-3H3. The number of aliphatic hydroxyl groups excluding tert-OH is 1. The van der Waals surface area contributed by atoms with Gasteiger partial charge in [-0.25, -0.2) is 4.98 Å². The van der Waals surface area contributed by atoms with E-state index < -0.39 is 0 Å². The van der Waals surface area contributed by atoms with Gasteiger partial charge >= 0.3 is 0 Å². The Morgan fingerprint density at radius 2 is 2.12 bits per heavy atom. The number of rotatable bonds is 2. The third-order valence-electron chi connectivity index (χ3n) is 3.76. The Kier molecular flexibility index (Phi) is 3.67. The number of pyridine rings is 1. The number of piperidine rings is 1. The van der Waals surface area contributed by atoms with E-state index in [-0.39, 0.29) is 6.61 Å². The molecule has 1 aliphatic rings. The molecule has 0 amide bonds. The normalized spacial score (nSPS) is 25.1. The molecule has 1 saturated heterocycles. The molecular formula is C14H22N2O. The van der Waals surface area contributed by atoms with Crippen LogP contribution >= 0.6 is 0 Å². The summed E-state index contributed by atoms with van der Waals surface area (Å²) in [5.74, 6) is 1.80. The van der Waals surface area contributed by atoms with E-state index in [9.17, 15) is 0 Å². The lowest BCUT2D eigenvalue weighted by Gasteiger charge is -2.38. The number of hydrogen-bond donors (Lipinski definition) is 1. The second kappa shape index (κ2) is 5.05. The predicted octanol–water partition coefficient (Wildman–Crippen LogP) is 2.51. The third-order valence-corrected chi connectivity index (χ3v) is 3.76. The van der Waals surface area contributed by atoms with Crippen LogP contribution in [0.15, 0.2) is 12.1 Å². The van der Waals surface area contributed by atoms with E-state index >= 15 is 0 Å². The summed E-state index contributed by atoms with van der Waals surface area (Å²) < 4.78 is 0. The van der Waals surface area contributed by atoms with Crippen molar-refractivity contribution in [3.05, 3.63) is 23.4 Å². The molecule has 1 aliphatic heterocycles. The minimum atomic E-state index is 0.0745. The Hall–Kier alpha value is -1.09. The molecule has 1 aromatic rings. The molecule has 94 valence electrons. The van der Waals surface area contributed by atoms with Crippen molar-refractivity contribution in [1.29, 1.82) is 0 Å². The van der Waals surface area contributed by atoms with Crippen molar-refractivity contribution in [1.82, 2.24) is 4.98 Å². The van der Waals surface area contributed by atoms with E-state index in [4.69, 9.17) is 5.11 Å². The summed E-state index contributed by atoms with van der Waals surface area (Å²) in [6.45, 7) is 7.70. The van der Waals surface area contributed by atoms with Gasteiger partial charge in [-0.05, 0) is 44.2 Å². The zero-order valence-electron chi connectivity index (χ0n) is 11.0. The van der Waals surface area contributed by atoms with Crippen molar-refractivity contribution in [2.24, 2.45) is 5.92 Å². The van der Waals surface area contributed by atoms with Gasteiger partial charge < -0.3 is 10.0 Å². The first-order valence-corrected chi connectivity index (χ1v) is 6.46. The van der Waals surface area contributed by atoms with E-state index in [2.05, 4.69) is 23.7 Å². The van der Waals surface area contributed by atoms with E-state index in [1.54, 1.807) is 0 Å². The summed E-state index contributed by atoms with van der Waals surface area (Å²) in [7, 11) is 0. The summed E-state index contributed by atoms with van der Waals surface area (Å²) in [6.07, 6.45) is 2.55. The highest BCUT2D eigenvalue weighted by molar-refractivity contribution is 5.43. The van der Waals surface area contributed by atoms with Gasteiger partial charge in [0.2, 0.25) is 0 Å². The van der Waals surface area contributed by atoms with Crippen molar-refractivity contribution in [2.45, 2.75) is 46.3 Å². The lowest BCUT2D eigenvalue weighted by molar-refractivity contribution is 0.280. The summed E-state index contributed by atoms with van der Waals surface area (Å²) in [4.78, 5) is 7.01. The lowest BCUT2D eigenvalue weighted by atomic mass is 9.95. The van der Waals surface area contributed by atoms with Gasteiger partial charge in [0.05, 0.1) is 6.61 Å². The van der Waals surface area contributed by atoms with Gasteiger partial charge in [0.25, 0.3) is 0 Å². The zero-order valence-corrected chi connectivity index (χ0v) is 11.0. The number of aliphatic hydroxyl groups is 1. The summed E-state index contributed by atoms with van der Waals surface area (Å²) in [5, 5.41) is 9.16. The maximum Gasteiger partial charge on any atom is 0.129 e. The van der Waals surface area contributed by atoms with Gasteiger partial charge in [0.15, 0.2) is 0 Å². The Morgan fingerprint density at radius 3 is 2.76 bits per heavy atom. The average Bonchev–Trinajstić information content (AvgIpc) is 2.32. The second-order valence-electron chi connectivity index (χ2n) is 5.26. The fourth-order valence-electron chi connectivity index (χ4n) is 2.51. The van der Waals surface area contributed by atoms with Crippen LogP contribution in [0.5, 0.6) is 0 Å². The molecule has 0 saturated carbocycles. The minimum absolute atomic E-state index is 0.0745. The first-order valence-electron chi connectivity index (χ1n) is 6.46. The van der Waals surface area contributed by atoms with Crippen LogP contribution < -0.4 is 4.90 Å². The van der Waals surface area contributed by atoms with Crippen molar-refractivity contribution in [3.63, 3.8) is 0 Å². The monoisotopic (exact) mass is 234 g/mol. The van der Waals surface area contributed by atoms with Crippen LogP contribution in [0, 0.1) is 12.8 Å². The maximum absolute atomic E-state index is 9.16. The molecule has 0 bridgehead atoms. The highest BCUT2D eigenvalue weighted by atomic mass is 16.3. The summed E-state index contributed by atoms with van der Waals surface area (Å²) in [5.41, 5.74) is 1.86. The fraction of sp³-hybridized carbons (Fsp3) is 0.643. The van der Waals surface area contributed by atoms with Crippen LogP contribution in [0.3, 0.4) is 0 Å². The van der Waals surface area contributed by atoms with Gasteiger partial charge in [-0.2, -0.15) is 0 Å². The molecule has 2 rings (SSSR count). The van der Waals surface area contributed by atoms with Crippen molar-refractivity contribution >= 4 is 5.82 Å². The fourth-order valence-corrected chi connectivity index (χ4v) is 2.51. The SMILES string of the molecule is Cc1nc(N2CC(C)CCC2C)ccc1CO. The molecule has 2 unspecified atom stereocenters. The molecule has 0 spiro atoms. The molecular weight excluding hydrogens is 212 g/mol. The second-order valence-corrected chi connectivity index (χ2v) is 5.26. The van der Waals surface area contributed by atoms with Gasteiger partial charge in [-0.1, -0.05) is 13.0 Å². The van der Waals surface area contributed by atoms with Crippen LogP contribution in [0.4, 0.5) is 5.82 Å². The van der Waals surface area contributed by atoms with Crippen LogP contribution in [0.2, 0.25) is 0 Å². The Balaban J connectivity index is 2.23. The molecule has 17 heavy (non-hydrogen) atoms.